The lowest BCUT2D eigenvalue weighted by Crippen LogP contribution is -1.96. The topological polar surface area (TPSA) is 43.1 Å². The highest BCUT2D eigenvalue weighted by molar-refractivity contribution is 7.08. The predicted molar refractivity (Wildman–Crippen MR) is 79.5 cm³/mol. The fraction of sp³-hybridized carbons (Fsp3) is 0. The van der Waals surface area contributed by atoms with Crippen LogP contribution in [0.15, 0.2) is 53.4 Å². The molecular formula is C15H9FN4S. The molecule has 21 heavy (non-hydrogen) atoms. The summed E-state index contributed by atoms with van der Waals surface area (Å²) < 4.78 is 15.4. The largest absolute Gasteiger partial charge is 0.206 e. The lowest BCUT2D eigenvalue weighted by Gasteiger charge is -2.01. The molecule has 0 atom stereocenters. The van der Waals surface area contributed by atoms with Gasteiger partial charge in [0.2, 0.25) is 0 Å². The molecule has 4 nitrogen and oxygen atoms in total. The van der Waals surface area contributed by atoms with Gasteiger partial charge in [-0.25, -0.2) is 4.39 Å². The minimum Gasteiger partial charge on any atom is -0.206 e. The first-order chi connectivity index (χ1) is 10.3. The van der Waals surface area contributed by atoms with Gasteiger partial charge in [0.15, 0.2) is 11.5 Å². The van der Waals surface area contributed by atoms with E-state index in [1.54, 1.807) is 40.2 Å². The zero-order valence-electron chi connectivity index (χ0n) is 10.8. The number of thiophene rings is 1. The average molecular weight is 296 g/mol. The van der Waals surface area contributed by atoms with E-state index in [2.05, 4.69) is 15.3 Å². The van der Waals surface area contributed by atoms with Crippen LogP contribution < -0.4 is 0 Å². The molecule has 102 valence electrons. The molecular weight excluding hydrogens is 287 g/mol. The van der Waals surface area contributed by atoms with Gasteiger partial charge in [-0.1, -0.05) is 12.1 Å². The van der Waals surface area contributed by atoms with Crippen LogP contribution in [0.5, 0.6) is 0 Å². The van der Waals surface area contributed by atoms with E-state index >= 15 is 0 Å². The van der Waals surface area contributed by atoms with Crippen molar-refractivity contribution in [3.05, 3.63) is 59.2 Å². The fourth-order valence-electron chi connectivity index (χ4n) is 2.19. The van der Waals surface area contributed by atoms with Crippen LogP contribution >= 0.6 is 11.3 Å². The maximum absolute atomic E-state index is 13.9. The molecule has 0 spiro atoms. The molecule has 0 radical (unpaired) electrons. The van der Waals surface area contributed by atoms with Gasteiger partial charge in [0.25, 0.3) is 0 Å². The number of nitrogens with zero attached hydrogens (tertiary/aromatic N) is 4. The summed E-state index contributed by atoms with van der Waals surface area (Å²) in [6, 6.07) is 10.4. The van der Waals surface area contributed by atoms with Crippen LogP contribution in [0, 0.1) is 5.82 Å². The van der Waals surface area contributed by atoms with Gasteiger partial charge >= 0.3 is 0 Å². The summed E-state index contributed by atoms with van der Waals surface area (Å²) >= 11 is 1.62. The molecule has 0 N–H and O–H groups in total. The van der Waals surface area contributed by atoms with Crippen molar-refractivity contribution in [2.45, 2.75) is 0 Å². The molecule has 4 rings (SSSR count). The van der Waals surface area contributed by atoms with E-state index in [0.29, 0.717) is 17.0 Å². The van der Waals surface area contributed by atoms with Gasteiger partial charge in [-0.05, 0) is 40.6 Å². The van der Waals surface area contributed by atoms with Gasteiger partial charge < -0.3 is 0 Å². The number of halogens is 1. The molecule has 0 fully saturated rings. The number of benzene rings is 1. The Labute approximate surface area is 123 Å². The number of hydrogen-bond acceptors (Lipinski definition) is 4. The van der Waals surface area contributed by atoms with Gasteiger partial charge in [0.05, 0.1) is 11.8 Å². The number of aromatic nitrogens is 4. The Hall–Kier alpha value is -2.60. The van der Waals surface area contributed by atoms with E-state index in [1.807, 2.05) is 22.9 Å². The zero-order chi connectivity index (χ0) is 14.2. The zero-order valence-corrected chi connectivity index (χ0v) is 11.6. The van der Waals surface area contributed by atoms with Crippen molar-refractivity contribution < 1.29 is 4.39 Å². The normalized spacial score (nSPS) is 11.1. The Balaban J connectivity index is 1.89. The molecule has 4 aromatic rings. The third-order valence-electron chi connectivity index (χ3n) is 3.23. The summed E-state index contributed by atoms with van der Waals surface area (Å²) in [7, 11) is 0. The summed E-state index contributed by atoms with van der Waals surface area (Å²) in [5.74, 6) is 0.0653. The predicted octanol–water partition coefficient (Wildman–Crippen LogP) is 3.66. The molecule has 0 aliphatic heterocycles. The fourth-order valence-corrected chi connectivity index (χ4v) is 2.85. The molecule has 0 saturated heterocycles. The molecule has 0 aliphatic rings. The van der Waals surface area contributed by atoms with Gasteiger partial charge in [-0.2, -0.15) is 21.0 Å². The van der Waals surface area contributed by atoms with E-state index in [1.165, 1.54) is 6.07 Å². The summed E-state index contributed by atoms with van der Waals surface area (Å²) in [6.07, 6.45) is 1.74. The molecule has 0 bridgehead atoms. The third-order valence-corrected chi connectivity index (χ3v) is 3.91. The van der Waals surface area contributed by atoms with E-state index in [9.17, 15) is 4.39 Å². The van der Waals surface area contributed by atoms with Crippen LogP contribution in [0.1, 0.15) is 0 Å². The lowest BCUT2D eigenvalue weighted by atomic mass is 10.2. The van der Waals surface area contributed by atoms with Crippen molar-refractivity contribution in [3.8, 4) is 22.5 Å². The highest BCUT2D eigenvalue weighted by Crippen LogP contribution is 2.25. The second-order valence-corrected chi connectivity index (χ2v) is 5.31. The minimum atomic E-state index is -0.337. The van der Waals surface area contributed by atoms with Crippen LogP contribution in [-0.2, 0) is 0 Å². The van der Waals surface area contributed by atoms with E-state index in [4.69, 9.17) is 0 Å². The highest BCUT2D eigenvalue weighted by atomic mass is 32.1. The number of fused-ring (bicyclic) bond motifs is 1. The Morgan fingerprint density at radius 2 is 1.95 bits per heavy atom. The Kier molecular flexibility index (Phi) is 2.75. The van der Waals surface area contributed by atoms with Crippen molar-refractivity contribution in [1.82, 2.24) is 19.8 Å². The Bertz CT molecular complexity index is 914. The smallest absolute Gasteiger partial charge is 0.188 e. The van der Waals surface area contributed by atoms with Crippen LogP contribution in [0.3, 0.4) is 0 Å². The first-order valence-corrected chi connectivity index (χ1v) is 7.26. The highest BCUT2D eigenvalue weighted by Gasteiger charge is 2.13. The van der Waals surface area contributed by atoms with Gasteiger partial charge in [0, 0.05) is 5.56 Å². The monoisotopic (exact) mass is 296 g/mol. The van der Waals surface area contributed by atoms with Gasteiger partial charge in [-0.15, -0.1) is 10.2 Å². The summed E-state index contributed by atoms with van der Waals surface area (Å²) in [5, 5.41) is 16.6. The molecule has 0 amide bonds. The van der Waals surface area contributed by atoms with Crippen LogP contribution in [-0.4, -0.2) is 19.8 Å². The summed E-state index contributed by atoms with van der Waals surface area (Å²) in [5.41, 5.74) is 3.04. The average Bonchev–Trinajstić information content (AvgIpc) is 3.17. The van der Waals surface area contributed by atoms with Crippen LogP contribution in [0.2, 0.25) is 0 Å². The maximum atomic E-state index is 13.9. The second kappa shape index (κ2) is 4.75. The molecule has 3 aromatic heterocycles. The Morgan fingerprint density at radius 3 is 2.76 bits per heavy atom. The lowest BCUT2D eigenvalue weighted by molar-refractivity contribution is 0.629. The van der Waals surface area contributed by atoms with E-state index < -0.39 is 0 Å². The first-order valence-electron chi connectivity index (χ1n) is 6.32. The van der Waals surface area contributed by atoms with E-state index in [-0.39, 0.29) is 5.82 Å². The molecule has 6 heteroatoms. The van der Waals surface area contributed by atoms with Gasteiger partial charge in [0.1, 0.15) is 5.82 Å². The minimum absolute atomic E-state index is 0.337. The molecule has 0 unspecified atom stereocenters. The van der Waals surface area contributed by atoms with Crippen molar-refractivity contribution in [1.29, 1.82) is 0 Å². The van der Waals surface area contributed by atoms with Crippen molar-refractivity contribution in [2.75, 3.05) is 0 Å². The molecule has 1 aromatic carbocycles. The maximum Gasteiger partial charge on any atom is 0.188 e. The van der Waals surface area contributed by atoms with Crippen LogP contribution in [0.25, 0.3) is 28.2 Å². The standard InChI is InChI=1S/C15H9FN4S/c16-13-4-2-1-3-12(13)15-19-18-14-7-11(8-17-20(14)15)10-5-6-21-9-10/h1-9H. The molecule has 3 heterocycles. The van der Waals surface area contributed by atoms with Crippen LogP contribution in [0.4, 0.5) is 4.39 Å². The van der Waals surface area contributed by atoms with Crippen molar-refractivity contribution in [3.63, 3.8) is 0 Å². The SMILES string of the molecule is Fc1ccccc1-c1nnc2cc(-c3ccsc3)cnn12. The van der Waals surface area contributed by atoms with Gasteiger partial charge in [-0.3, -0.25) is 0 Å². The second-order valence-electron chi connectivity index (χ2n) is 4.53. The first kappa shape index (κ1) is 12.2. The third kappa shape index (κ3) is 2.00. The molecule has 0 saturated carbocycles. The van der Waals surface area contributed by atoms with E-state index in [0.717, 1.165) is 11.1 Å². The summed E-state index contributed by atoms with van der Waals surface area (Å²) in [6.45, 7) is 0. The Morgan fingerprint density at radius 1 is 1.05 bits per heavy atom. The molecule has 0 aliphatic carbocycles. The van der Waals surface area contributed by atoms with Crippen molar-refractivity contribution in [2.24, 2.45) is 0 Å². The number of hydrogen-bond donors (Lipinski definition) is 0. The summed E-state index contributed by atoms with van der Waals surface area (Å²) in [4.78, 5) is 0. The van der Waals surface area contributed by atoms with Crippen molar-refractivity contribution >= 4 is 17.0 Å². The quantitative estimate of drug-likeness (QED) is 0.567. The number of rotatable bonds is 2.